The Hall–Kier alpha value is -2.37. The second-order valence-electron chi connectivity index (χ2n) is 6.62. The largest absolute Gasteiger partial charge is 0.352 e. The summed E-state index contributed by atoms with van der Waals surface area (Å²) in [5.41, 5.74) is 1.76. The number of hydrogen-bond acceptors (Lipinski definition) is 3. The highest BCUT2D eigenvalue weighted by Crippen LogP contribution is 2.21. The third kappa shape index (κ3) is 5.31. The van der Waals surface area contributed by atoms with Crippen molar-refractivity contribution in [2.45, 2.75) is 46.1 Å². The molecular formula is C19H27N3O3. The van der Waals surface area contributed by atoms with Gasteiger partial charge in [-0.2, -0.15) is 0 Å². The van der Waals surface area contributed by atoms with Gasteiger partial charge in [0.25, 0.3) is 0 Å². The van der Waals surface area contributed by atoms with Gasteiger partial charge in [0.15, 0.2) is 0 Å². The molecule has 1 fully saturated rings. The van der Waals surface area contributed by atoms with E-state index < -0.39 is 0 Å². The van der Waals surface area contributed by atoms with Crippen LogP contribution in [0.3, 0.4) is 0 Å². The average molecular weight is 345 g/mol. The zero-order valence-corrected chi connectivity index (χ0v) is 15.2. The first-order valence-electron chi connectivity index (χ1n) is 8.87. The topological polar surface area (TPSA) is 69.7 Å². The Morgan fingerprint density at radius 1 is 1.24 bits per heavy atom. The van der Waals surface area contributed by atoms with E-state index in [1.165, 1.54) is 0 Å². The molecule has 6 heteroatoms. The van der Waals surface area contributed by atoms with Crippen LogP contribution in [0, 0.1) is 0 Å². The molecule has 1 aliphatic rings. The normalized spacial score (nSPS) is 14.1. The summed E-state index contributed by atoms with van der Waals surface area (Å²) in [7, 11) is 0. The fraction of sp³-hybridized carbons (Fsp3) is 0.526. The number of carbonyl (C=O) groups excluding carboxylic acids is 3. The molecule has 136 valence electrons. The standard InChI is InChI=1S/C19H27N3O3/c1-4-21(13-17(23)20-14(2)3)19(25)12-15-7-9-16(10-8-15)22-11-5-6-18(22)24/h7-10,14H,4-6,11-13H2,1-3H3,(H,20,23). The maximum Gasteiger partial charge on any atom is 0.239 e. The third-order valence-corrected chi connectivity index (χ3v) is 4.20. The fourth-order valence-electron chi connectivity index (χ4n) is 2.92. The number of likely N-dealkylation sites (N-methyl/N-ethyl adjacent to an activating group) is 1. The molecule has 1 heterocycles. The summed E-state index contributed by atoms with van der Waals surface area (Å²) in [4.78, 5) is 39.4. The maximum absolute atomic E-state index is 12.4. The predicted octanol–water partition coefficient (Wildman–Crippen LogP) is 1.73. The molecule has 0 aliphatic carbocycles. The van der Waals surface area contributed by atoms with Crippen LogP contribution in [-0.4, -0.2) is 48.3 Å². The molecular weight excluding hydrogens is 318 g/mol. The van der Waals surface area contributed by atoms with Crippen molar-refractivity contribution in [3.05, 3.63) is 29.8 Å². The summed E-state index contributed by atoms with van der Waals surface area (Å²) in [5, 5.41) is 2.80. The van der Waals surface area contributed by atoms with Crippen molar-refractivity contribution >= 4 is 23.4 Å². The van der Waals surface area contributed by atoms with E-state index in [-0.39, 0.29) is 36.7 Å². The molecule has 0 unspecified atom stereocenters. The molecule has 1 aromatic carbocycles. The van der Waals surface area contributed by atoms with Gasteiger partial charge in [-0.1, -0.05) is 12.1 Å². The van der Waals surface area contributed by atoms with Crippen molar-refractivity contribution in [3.63, 3.8) is 0 Å². The molecule has 0 saturated carbocycles. The van der Waals surface area contributed by atoms with E-state index in [0.29, 0.717) is 13.0 Å². The van der Waals surface area contributed by atoms with Gasteiger partial charge in [-0.15, -0.1) is 0 Å². The molecule has 6 nitrogen and oxygen atoms in total. The quantitative estimate of drug-likeness (QED) is 0.818. The molecule has 0 spiro atoms. The van der Waals surface area contributed by atoms with Gasteiger partial charge in [0, 0.05) is 31.2 Å². The summed E-state index contributed by atoms with van der Waals surface area (Å²) >= 11 is 0. The Kier molecular flexibility index (Phi) is 6.56. The van der Waals surface area contributed by atoms with Crippen molar-refractivity contribution < 1.29 is 14.4 Å². The van der Waals surface area contributed by atoms with Crippen LogP contribution < -0.4 is 10.2 Å². The Balaban J connectivity index is 1.94. The molecule has 2 rings (SSSR count). The van der Waals surface area contributed by atoms with Crippen LogP contribution >= 0.6 is 0 Å². The van der Waals surface area contributed by atoms with E-state index in [4.69, 9.17) is 0 Å². The van der Waals surface area contributed by atoms with Gasteiger partial charge >= 0.3 is 0 Å². The number of anilines is 1. The molecule has 0 atom stereocenters. The molecule has 1 N–H and O–H groups in total. The lowest BCUT2D eigenvalue weighted by Gasteiger charge is -2.21. The number of carbonyl (C=O) groups is 3. The minimum atomic E-state index is -0.145. The minimum absolute atomic E-state index is 0.0575. The molecule has 0 bridgehead atoms. The Morgan fingerprint density at radius 3 is 2.44 bits per heavy atom. The number of nitrogens with one attached hydrogen (secondary N) is 1. The van der Waals surface area contributed by atoms with E-state index >= 15 is 0 Å². The second kappa shape index (κ2) is 8.65. The lowest BCUT2D eigenvalue weighted by molar-refractivity contribution is -0.135. The van der Waals surface area contributed by atoms with Crippen molar-refractivity contribution in [2.24, 2.45) is 0 Å². The number of amides is 3. The number of hydrogen-bond donors (Lipinski definition) is 1. The lowest BCUT2D eigenvalue weighted by atomic mass is 10.1. The monoisotopic (exact) mass is 345 g/mol. The molecule has 0 radical (unpaired) electrons. The van der Waals surface area contributed by atoms with Gasteiger partial charge in [0.05, 0.1) is 13.0 Å². The Bertz CT molecular complexity index is 625. The van der Waals surface area contributed by atoms with E-state index in [2.05, 4.69) is 5.32 Å². The molecule has 1 saturated heterocycles. The third-order valence-electron chi connectivity index (χ3n) is 4.20. The van der Waals surface area contributed by atoms with Crippen molar-refractivity contribution in [1.82, 2.24) is 10.2 Å². The number of nitrogens with zero attached hydrogens (tertiary/aromatic N) is 2. The zero-order valence-electron chi connectivity index (χ0n) is 15.2. The maximum atomic E-state index is 12.4. The van der Waals surface area contributed by atoms with Crippen LogP contribution in [0.2, 0.25) is 0 Å². The summed E-state index contributed by atoms with van der Waals surface area (Å²) in [6.07, 6.45) is 1.74. The van der Waals surface area contributed by atoms with Gasteiger partial charge in [-0.3, -0.25) is 14.4 Å². The minimum Gasteiger partial charge on any atom is -0.352 e. The van der Waals surface area contributed by atoms with Crippen LogP contribution in [0.4, 0.5) is 5.69 Å². The second-order valence-corrected chi connectivity index (χ2v) is 6.62. The SMILES string of the molecule is CCN(CC(=O)NC(C)C)C(=O)Cc1ccc(N2CCCC2=O)cc1. The van der Waals surface area contributed by atoms with E-state index in [1.807, 2.05) is 45.0 Å². The fourth-order valence-corrected chi connectivity index (χ4v) is 2.92. The van der Waals surface area contributed by atoms with E-state index in [1.54, 1.807) is 9.80 Å². The predicted molar refractivity (Wildman–Crippen MR) is 97.3 cm³/mol. The Labute approximate surface area is 149 Å². The van der Waals surface area contributed by atoms with Crippen LogP contribution in [0.15, 0.2) is 24.3 Å². The molecule has 1 aromatic rings. The smallest absolute Gasteiger partial charge is 0.239 e. The summed E-state index contributed by atoms with van der Waals surface area (Å²) in [6, 6.07) is 7.57. The van der Waals surface area contributed by atoms with Crippen molar-refractivity contribution in [3.8, 4) is 0 Å². The van der Waals surface area contributed by atoms with E-state index in [9.17, 15) is 14.4 Å². The van der Waals surface area contributed by atoms with Gasteiger partial charge in [-0.25, -0.2) is 0 Å². The van der Waals surface area contributed by atoms with Gasteiger partial charge < -0.3 is 15.1 Å². The van der Waals surface area contributed by atoms with Crippen LogP contribution in [0.5, 0.6) is 0 Å². The van der Waals surface area contributed by atoms with Crippen molar-refractivity contribution in [2.75, 3.05) is 24.5 Å². The summed E-state index contributed by atoms with van der Waals surface area (Å²) in [5.74, 6) is -0.0725. The van der Waals surface area contributed by atoms with Gasteiger partial charge in [-0.05, 0) is 44.9 Å². The molecule has 1 aliphatic heterocycles. The van der Waals surface area contributed by atoms with Gasteiger partial charge in [0.1, 0.15) is 0 Å². The Morgan fingerprint density at radius 2 is 1.92 bits per heavy atom. The highest BCUT2D eigenvalue weighted by Gasteiger charge is 2.22. The first kappa shape index (κ1) is 19.0. The number of rotatable bonds is 7. The lowest BCUT2D eigenvalue weighted by Crippen LogP contribution is -2.43. The summed E-state index contributed by atoms with van der Waals surface area (Å²) < 4.78 is 0. The van der Waals surface area contributed by atoms with E-state index in [0.717, 1.165) is 24.2 Å². The van der Waals surface area contributed by atoms with Crippen LogP contribution in [0.1, 0.15) is 39.2 Å². The zero-order chi connectivity index (χ0) is 18.4. The highest BCUT2D eigenvalue weighted by molar-refractivity contribution is 5.95. The number of benzene rings is 1. The first-order chi connectivity index (χ1) is 11.9. The first-order valence-corrected chi connectivity index (χ1v) is 8.87. The van der Waals surface area contributed by atoms with Crippen LogP contribution in [-0.2, 0) is 20.8 Å². The molecule has 3 amide bonds. The van der Waals surface area contributed by atoms with Gasteiger partial charge in [0.2, 0.25) is 17.7 Å². The highest BCUT2D eigenvalue weighted by atomic mass is 16.2. The summed E-state index contributed by atoms with van der Waals surface area (Å²) in [6.45, 7) is 6.97. The van der Waals surface area contributed by atoms with Crippen molar-refractivity contribution in [1.29, 1.82) is 0 Å². The molecule has 25 heavy (non-hydrogen) atoms. The average Bonchev–Trinajstić information content (AvgIpc) is 2.98. The van der Waals surface area contributed by atoms with Crippen LogP contribution in [0.25, 0.3) is 0 Å². The molecule has 0 aromatic heterocycles.